The average Bonchev–Trinajstić information content (AvgIpc) is 2.56. The number of likely N-dealkylation sites (tertiary alicyclic amines) is 1. The van der Waals surface area contributed by atoms with Gasteiger partial charge in [-0.05, 0) is 13.3 Å². The molecule has 0 radical (unpaired) electrons. The van der Waals surface area contributed by atoms with Crippen molar-refractivity contribution >= 4 is 0 Å². The molecule has 0 aromatic carbocycles. The van der Waals surface area contributed by atoms with Gasteiger partial charge < -0.3 is 16.7 Å². The summed E-state index contributed by atoms with van der Waals surface area (Å²) in [6.07, 6.45) is 5.77. The molecule has 0 bridgehead atoms. The van der Waals surface area contributed by atoms with Crippen molar-refractivity contribution in [3.63, 3.8) is 0 Å². The van der Waals surface area contributed by atoms with Gasteiger partial charge in [0.2, 0.25) is 0 Å². The first kappa shape index (κ1) is 11.4. The Bertz CT molecular complexity index is 120. The van der Waals surface area contributed by atoms with Crippen LogP contribution in [0.15, 0.2) is 0 Å². The van der Waals surface area contributed by atoms with Crippen LogP contribution in [0.3, 0.4) is 0 Å². The fraction of sp³-hybridized carbons (Fsp3) is 0.900. The molecule has 2 atom stereocenters. The molecule has 0 saturated carbocycles. The highest BCUT2D eigenvalue weighted by Gasteiger charge is 2.25. The maximum atomic E-state index is 6.25. The predicted octanol–water partition coefficient (Wildman–Crippen LogP) is 0.950. The molecule has 0 aromatic rings. The average molecular weight is 168 g/mol. The van der Waals surface area contributed by atoms with E-state index >= 15 is 0 Å². The Morgan fingerprint density at radius 1 is 1.42 bits per heavy atom. The van der Waals surface area contributed by atoms with Gasteiger partial charge in [-0.3, -0.25) is 0 Å². The van der Waals surface area contributed by atoms with Crippen LogP contribution in [0.4, 0.5) is 0 Å². The Balaban J connectivity index is 0.000000561. The van der Waals surface area contributed by atoms with Crippen molar-refractivity contribution in [2.24, 2.45) is 0 Å². The van der Waals surface area contributed by atoms with E-state index in [9.17, 15) is 0 Å². The van der Waals surface area contributed by atoms with Gasteiger partial charge in [0.1, 0.15) is 0 Å². The number of quaternary nitrogens is 1. The summed E-state index contributed by atoms with van der Waals surface area (Å²) in [4.78, 5) is 1.85. The molecule has 1 aliphatic heterocycles. The van der Waals surface area contributed by atoms with Crippen molar-refractivity contribution < 1.29 is 4.90 Å². The zero-order valence-corrected chi connectivity index (χ0v) is 8.27. The number of nitrogens with one attached hydrogen (secondary N) is 1. The van der Waals surface area contributed by atoms with E-state index in [1.165, 1.54) is 38.8 Å². The van der Waals surface area contributed by atoms with Crippen molar-refractivity contribution in [1.29, 1.82) is 5.26 Å². The standard InChI is InChI=1S/C9H19N.CN/c1-3-6-9-7-5-8-10(9)4-2;1-2/h9H,3-8H2,1-2H3;/q;-1/p+1. The Hall–Kier alpha value is -0.550. The minimum Gasteiger partial charge on any atom is -0.512 e. The lowest BCUT2D eigenvalue weighted by Crippen LogP contribution is -3.13. The molecule has 0 spiro atoms. The van der Waals surface area contributed by atoms with Crippen LogP contribution in [0.1, 0.15) is 39.5 Å². The SMILES string of the molecule is CCCC1CCC[NH+]1CC.[C-]#N. The number of nitrogens with zero attached hydrogens (tertiary/aromatic N) is 1. The van der Waals surface area contributed by atoms with Crippen LogP contribution in [-0.4, -0.2) is 19.1 Å². The molecule has 0 amide bonds. The third kappa shape index (κ3) is 3.23. The molecule has 1 N–H and O–H groups in total. The molecule has 1 fully saturated rings. The van der Waals surface area contributed by atoms with Gasteiger partial charge in [-0.2, -0.15) is 0 Å². The summed E-state index contributed by atoms with van der Waals surface area (Å²) >= 11 is 0. The van der Waals surface area contributed by atoms with Gasteiger partial charge in [-0.1, -0.05) is 13.3 Å². The lowest BCUT2D eigenvalue weighted by molar-refractivity contribution is -0.910. The third-order valence-electron chi connectivity index (χ3n) is 2.72. The first-order valence-electron chi connectivity index (χ1n) is 4.95. The van der Waals surface area contributed by atoms with Crippen molar-refractivity contribution in [2.45, 2.75) is 45.6 Å². The predicted molar refractivity (Wildman–Crippen MR) is 49.3 cm³/mol. The summed E-state index contributed by atoms with van der Waals surface area (Å²) in [6, 6.07) is 1.01. The zero-order chi connectivity index (χ0) is 9.40. The van der Waals surface area contributed by atoms with E-state index in [0.29, 0.717) is 0 Å². The van der Waals surface area contributed by atoms with Gasteiger partial charge in [0, 0.05) is 12.8 Å². The van der Waals surface area contributed by atoms with Gasteiger partial charge in [-0.25, -0.2) is 0 Å². The van der Waals surface area contributed by atoms with Crippen molar-refractivity contribution in [3.8, 4) is 0 Å². The highest BCUT2D eigenvalue weighted by atomic mass is 15.2. The van der Waals surface area contributed by atoms with E-state index in [2.05, 4.69) is 13.8 Å². The Labute approximate surface area is 76.2 Å². The summed E-state index contributed by atoms with van der Waals surface area (Å²) in [5.74, 6) is 0. The van der Waals surface area contributed by atoms with Crippen molar-refractivity contribution in [1.82, 2.24) is 0 Å². The smallest absolute Gasteiger partial charge is 0.0876 e. The van der Waals surface area contributed by atoms with Gasteiger partial charge in [-0.15, -0.1) is 0 Å². The summed E-state index contributed by atoms with van der Waals surface area (Å²) in [5.41, 5.74) is 0. The minimum absolute atomic E-state index is 1.01. The van der Waals surface area contributed by atoms with Gasteiger partial charge in [0.15, 0.2) is 0 Å². The van der Waals surface area contributed by atoms with E-state index in [1.54, 1.807) is 0 Å². The summed E-state index contributed by atoms with van der Waals surface area (Å²) in [7, 11) is 0. The number of hydrogen-bond donors (Lipinski definition) is 1. The van der Waals surface area contributed by atoms with Gasteiger partial charge >= 0.3 is 0 Å². The molecule has 1 heterocycles. The van der Waals surface area contributed by atoms with Crippen molar-refractivity contribution in [2.75, 3.05) is 13.1 Å². The molecule has 2 heteroatoms. The normalized spacial score (nSPS) is 27.7. The highest BCUT2D eigenvalue weighted by Crippen LogP contribution is 2.05. The minimum atomic E-state index is 1.01. The maximum Gasteiger partial charge on any atom is 0.0876 e. The molecule has 1 saturated heterocycles. The van der Waals surface area contributed by atoms with Crippen LogP contribution in [0, 0.1) is 11.8 Å². The molecule has 2 nitrogen and oxygen atoms in total. The molecule has 1 rings (SSSR count). The van der Waals surface area contributed by atoms with E-state index in [0.717, 1.165) is 6.04 Å². The second kappa shape index (κ2) is 7.12. The second-order valence-electron chi connectivity index (χ2n) is 3.39. The fourth-order valence-electron chi connectivity index (χ4n) is 2.15. The molecule has 70 valence electrons. The molecule has 0 aromatic heterocycles. The first-order chi connectivity index (χ1) is 5.88. The van der Waals surface area contributed by atoms with E-state index < -0.39 is 0 Å². The van der Waals surface area contributed by atoms with Crippen molar-refractivity contribution in [3.05, 3.63) is 6.57 Å². The third-order valence-corrected chi connectivity index (χ3v) is 2.72. The van der Waals surface area contributed by atoms with Crippen LogP contribution in [0.25, 0.3) is 0 Å². The summed E-state index contributed by atoms with van der Waals surface area (Å²) in [6.45, 7) is 12.1. The monoisotopic (exact) mass is 168 g/mol. The lowest BCUT2D eigenvalue weighted by atomic mass is 10.1. The lowest BCUT2D eigenvalue weighted by Gasteiger charge is -2.18. The molecule has 0 aliphatic carbocycles. The summed E-state index contributed by atoms with van der Waals surface area (Å²) < 4.78 is 0. The molecular formula is C10H20N2. The molecule has 2 unspecified atom stereocenters. The van der Waals surface area contributed by atoms with E-state index in [1.807, 2.05) is 4.90 Å². The van der Waals surface area contributed by atoms with Crippen LogP contribution < -0.4 is 4.90 Å². The van der Waals surface area contributed by atoms with E-state index in [-0.39, 0.29) is 0 Å². The Morgan fingerprint density at radius 3 is 2.58 bits per heavy atom. The topological polar surface area (TPSA) is 28.2 Å². The first-order valence-corrected chi connectivity index (χ1v) is 4.95. The second-order valence-corrected chi connectivity index (χ2v) is 3.39. The molecule has 1 aliphatic rings. The van der Waals surface area contributed by atoms with E-state index in [4.69, 9.17) is 11.8 Å². The Morgan fingerprint density at radius 2 is 2.08 bits per heavy atom. The molecular weight excluding hydrogens is 148 g/mol. The summed E-state index contributed by atoms with van der Waals surface area (Å²) in [5, 5.41) is 6.25. The number of hydrogen-bond acceptors (Lipinski definition) is 1. The quantitative estimate of drug-likeness (QED) is 0.624. The largest absolute Gasteiger partial charge is 0.512 e. The zero-order valence-electron chi connectivity index (χ0n) is 8.27. The van der Waals surface area contributed by atoms with Crippen LogP contribution in [0.2, 0.25) is 0 Å². The Kier molecular flexibility index (Phi) is 6.79. The highest BCUT2D eigenvalue weighted by molar-refractivity contribution is 4.60. The van der Waals surface area contributed by atoms with Crippen LogP contribution in [0.5, 0.6) is 0 Å². The van der Waals surface area contributed by atoms with Gasteiger partial charge in [0.05, 0.1) is 19.1 Å². The van der Waals surface area contributed by atoms with Gasteiger partial charge in [0.25, 0.3) is 0 Å². The fourth-order valence-corrected chi connectivity index (χ4v) is 2.15. The molecule has 12 heavy (non-hydrogen) atoms. The van der Waals surface area contributed by atoms with Crippen LogP contribution >= 0.6 is 0 Å². The maximum absolute atomic E-state index is 6.25. The van der Waals surface area contributed by atoms with Crippen LogP contribution in [-0.2, 0) is 0 Å². The number of rotatable bonds is 3.